The number of carbonyl (C=O) groups is 1. The molecule has 2 aromatic rings. The number of rotatable bonds is 3. The van der Waals surface area contributed by atoms with Crippen LogP contribution in [0.25, 0.3) is 0 Å². The molecule has 1 saturated carbocycles. The molecular formula is C17H17N3O4. The highest BCUT2D eigenvalue weighted by Crippen LogP contribution is 2.50. The number of nitrogens with zero attached hydrogens (tertiary/aromatic N) is 1. The number of methoxy groups -OCH3 is 1. The Balaban J connectivity index is 1.65. The topological polar surface area (TPSA) is 85.5 Å². The van der Waals surface area contributed by atoms with Crippen LogP contribution in [0.4, 0.5) is 5.82 Å². The first-order valence-corrected chi connectivity index (χ1v) is 8.10. The first kappa shape index (κ1) is 13.7. The van der Waals surface area contributed by atoms with Crippen LogP contribution in [0.3, 0.4) is 0 Å². The molecule has 5 rings (SSSR count). The van der Waals surface area contributed by atoms with E-state index in [2.05, 4.69) is 15.5 Å². The minimum Gasteiger partial charge on any atom is -0.493 e. The minimum atomic E-state index is -0.0634. The lowest BCUT2D eigenvalue weighted by molar-refractivity contribution is -0.116. The van der Waals surface area contributed by atoms with Crippen LogP contribution in [0, 0.1) is 0 Å². The number of H-pyrrole nitrogens is 1. The second-order valence-corrected chi connectivity index (χ2v) is 6.44. The standard InChI is InChI=1S/C17H17N3O4/c1-22-11-4-9(5-12-16(11)24-7-23-12)10-6-13(21)18-17-14(10)15(19-20-17)8-2-3-8/h4-5,8,10H,2-3,6-7H2,1H3,(H2,18,19,20,21). The van der Waals surface area contributed by atoms with Crippen LogP contribution in [-0.4, -0.2) is 30.0 Å². The predicted molar refractivity (Wildman–Crippen MR) is 84.8 cm³/mol. The second-order valence-electron chi connectivity index (χ2n) is 6.44. The molecule has 7 heteroatoms. The van der Waals surface area contributed by atoms with Crippen LogP contribution in [0.1, 0.15) is 47.9 Å². The van der Waals surface area contributed by atoms with E-state index in [4.69, 9.17) is 14.2 Å². The first-order valence-electron chi connectivity index (χ1n) is 8.10. The van der Waals surface area contributed by atoms with E-state index in [-0.39, 0.29) is 18.6 Å². The molecule has 0 bridgehead atoms. The van der Waals surface area contributed by atoms with Crippen LogP contribution in [-0.2, 0) is 4.79 Å². The fourth-order valence-electron chi connectivity index (χ4n) is 3.60. The number of nitrogens with one attached hydrogen (secondary N) is 2. The van der Waals surface area contributed by atoms with E-state index < -0.39 is 0 Å². The number of ether oxygens (including phenoxy) is 3. The van der Waals surface area contributed by atoms with E-state index in [9.17, 15) is 4.79 Å². The van der Waals surface area contributed by atoms with E-state index in [0.717, 1.165) is 16.8 Å². The van der Waals surface area contributed by atoms with Gasteiger partial charge in [0.05, 0.1) is 7.11 Å². The highest BCUT2D eigenvalue weighted by Gasteiger charge is 2.38. The Labute approximate surface area is 138 Å². The third-order valence-electron chi connectivity index (χ3n) is 4.90. The average Bonchev–Trinajstić information content (AvgIpc) is 3.16. The maximum absolute atomic E-state index is 12.1. The van der Waals surface area contributed by atoms with Crippen molar-refractivity contribution < 1.29 is 19.0 Å². The number of fused-ring (bicyclic) bond motifs is 2. The SMILES string of the molecule is COc1cc(C2CC(=O)Nc3n[nH]c(C4CC4)c32)cc2c1OCO2. The number of carbonyl (C=O) groups excluding carboxylic acids is 1. The Morgan fingerprint density at radius 3 is 2.96 bits per heavy atom. The third kappa shape index (κ3) is 1.97. The van der Waals surface area contributed by atoms with Gasteiger partial charge in [0, 0.05) is 29.5 Å². The summed E-state index contributed by atoms with van der Waals surface area (Å²) in [6.07, 6.45) is 2.72. The van der Waals surface area contributed by atoms with Gasteiger partial charge in [-0.3, -0.25) is 9.89 Å². The van der Waals surface area contributed by atoms with Gasteiger partial charge in [-0.05, 0) is 30.5 Å². The van der Waals surface area contributed by atoms with Crippen molar-refractivity contribution in [2.24, 2.45) is 0 Å². The summed E-state index contributed by atoms with van der Waals surface area (Å²) in [5, 5.41) is 10.3. The molecule has 0 radical (unpaired) electrons. The van der Waals surface area contributed by atoms with Crippen molar-refractivity contribution >= 4 is 11.7 Å². The van der Waals surface area contributed by atoms with Crippen molar-refractivity contribution in [2.75, 3.05) is 19.2 Å². The van der Waals surface area contributed by atoms with Crippen molar-refractivity contribution in [1.82, 2.24) is 10.2 Å². The molecule has 0 saturated heterocycles. The van der Waals surface area contributed by atoms with Gasteiger partial charge in [0.2, 0.25) is 18.4 Å². The molecule has 1 aromatic carbocycles. The maximum Gasteiger partial charge on any atom is 0.231 e. The van der Waals surface area contributed by atoms with E-state index in [0.29, 0.717) is 35.4 Å². The zero-order chi connectivity index (χ0) is 16.3. The molecule has 7 nitrogen and oxygen atoms in total. The smallest absolute Gasteiger partial charge is 0.231 e. The summed E-state index contributed by atoms with van der Waals surface area (Å²) in [4.78, 5) is 12.1. The van der Waals surface area contributed by atoms with Gasteiger partial charge < -0.3 is 19.5 Å². The summed E-state index contributed by atoms with van der Waals surface area (Å²) >= 11 is 0. The van der Waals surface area contributed by atoms with E-state index in [1.165, 1.54) is 12.8 Å². The van der Waals surface area contributed by atoms with Crippen molar-refractivity contribution in [3.05, 3.63) is 29.0 Å². The Morgan fingerprint density at radius 1 is 1.29 bits per heavy atom. The lowest BCUT2D eigenvalue weighted by Crippen LogP contribution is -2.23. The Bertz CT molecular complexity index is 841. The number of aromatic nitrogens is 2. The monoisotopic (exact) mass is 327 g/mol. The lowest BCUT2D eigenvalue weighted by atomic mass is 9.84. The van der Waals surface area contributed by atoms with Crippen LogP contribution in [0.2, 0.25) is 0 Å². The van der Waals surface area contributed by atoms with Gasteiger partial charge in [-0.2, -0.15) is 5.10 Å². The van der Waals surface area contributed by atoms with Crippen LogP contribution >= 0.6 is 0 Å². The molecule has 0 spiro atoms. The van der Waals surface area contributed by atoms with E-state index in [1.807, 2.05) is 12.1 Å². The van der Waals surface area contributed by atoms with Gasteiger partial charge in [-0.1, -0.05) is 0 Å². The van der Waals surface area contributed by atoms with Crippen molar-refractivity contribution in [3.63, 3.8) is 0 Å². The quantitative estimate of drug-likeness (QED) is 0.905. The van der Waals surface area contributed by atoms with Crippen molar-refractivity contribution in [2.45, 2.75) is 31.1 Å². The normalized spacial score (nSPS) is 21.4. The van der Waals surface area contributed by atoms with Crippen molar-refractivity contribution in [3.8, 4) is 17.2 Å². The highest BCUT2D eigenvalue weighted by atomic mass is 16.7. The number of hydrogen-bond donors (Lipinski definition) is 2. The largest absolute Gasteiger partial charge is 0.493 e. The molecule has 1 amide bonds. The Hall–Kier alpha value is -2.70. The summed E-state index contributed by atoms with van der Waals surface area (Å²) in [7, 11) is 1.60. The molecule has 24 heavy (non-hydrogen) atoms. The molecule has 1 aromatic heterocycles. The van der Waals surface area contributed by atoms with Gasteiger partial charge in [0.1, 0.15) is 0 Å². The second kappa shape index (κ2) is 4.90. The van der Waals surface area contributed by atoms with Gasteiger partial charge in [0.15, 0.2) is 17.3 Å². The summed E-state index contributed by atoms with van der Waals surface area (Å²) in [6, 6.07) is 3.88. The fraction of sp³-hybridized carbons (Fsp3) is 0.412. The fourth-order valence-corrected chi connectivity index (χ4v) is 3.60. The van der Waals surface area contributed by atoms with E-state index >= 15 is 0 Å². The predicted octanol–water partition coefficient (Wildman–Crippen LogP) is 2.50. The molecule has 1 atom stereocenters. The number of benzene rings is 1. The average molecular weight is 327 g/mol. The number of aromatic amines is 1. The minimum absolute atomic E-state index is 0.0296. The molecule has 2 aliphatic heterocycles. The van der Waals surface area contributed by atoms with Gasteiger partial charge in [0.25, 0.3) is 0 Å². The van der Waals surface area contributed by atoms with Crippen LogP contribution in [0.5, 0.6) is 17.2 Å². The molecule has 1 fully saturated rings. The number of amides is 1. The molecule has 3 heterocycles. The van der Waals surface area contributed by atoms with Gasteiger partial charge in [-0.25, -0.2) is 0 Å². The molecule has 1 aliphatic carbocycles. The number of hydrogen-bond acceptors (Lipinski definition) is 5. The van der Waals surface area contributed by atoms with Crippen LogP contribution in [0.15, 0.2) is 12.1 Å². The Kier molecular flexibility index (Phi) is 2.80. The molecule has 2 N–H and O–H groups in total. The molecule has 3 aliphatic rings. The zero-order valence-corrected chi connectivity index (χ0v) is 13.2. The molecular weight excluding hydrogens is 310 g/mol. The lowest BCUT2D eigenvalue weighted by Gasteiger charge is -2.24. The molecule has 124 valence electrons. The Morgan fingerprint density at radius 2 is 2.17 bits per heavy atom. The summed E-state index contributed by atoms with van der Waals surface area (Å²) < 4.78 is 16.4. The van der Waals surface area contributed by atoms with Crippen LogP contribution < -0.4 is 19.5 Å². The number of anilines is 1. The van der Waals surface area contributed by atoms with Gasteiger partial charge in [-0.15, -0.1) is 0 Å². The third-order valence-corrected chi connectivity index (χ3v) is 4.90. The van der Waals surface area contributed by atoms with Crippen molar-refractivity contribution in [1.29, 1.82) is 0 Å². The summed E-state index contributed by atoms with van der Waals surface area (Å²) in [5.74, 6) is 2.99. The van der Waals surface area contributed by atoms with Gasteiger partial charge >= 0.3 is 0 Å². The maximum atomic E-state index is 12.1. The summed E-state index contributed by atoms with van der Waals surface area (Å²) in [5.41, 5.74) is 3.22. The summed E-state index contributed by atoms with van der Waals surface area (Å²) in [6.45, 7) is 0.185. The zero-order valence-electron chi connectivity index (χ0n) is 13.2. The highest BCUT2D eigenvalue weighted by molar-refractivity contribution is 5.94. The molecule has 1 unspecified atom stereocenters. The van der Waals surface area contributed by atoms with E-state index in [1.54, 1.807) is 7.11 Å². The first-order chi connectivity index (χ1) is 11.7.